The summed E-state index contributed by atoms with van der Waals surface area (Å²) < 4.78 is 0. The lowest BCUT2D eigenvalue weighted by Gasteiger charge is -2.28. The Morgan fingerprint density at radius 2 is 1.62 bits per heavy atom. The van der Waals surface area contributed by atoms with Crippen LogP contribution in [0.5, 0.6) is 0 Å². The molecule has 6 heteroatoms. The number of carbonyl (C=O) groups excluding carboxylic acids is 3. The molecular weight excluding hydrogens is 366 g/mol. The molecule has 0 unspecified atom stereocenters. The zero-order valence-electron chi connectivity index (χ0n) is 17.1. The maximum Gasteiger partial charge on any atom is 0.325 e. The molecule has 1 heterocycles. The second kappa shape index (κ2) is 8.07. The molecule has 2 N–H and O–H groups in total. The number of carbonyl (C=O) groups is 3. The van der Waals surface area contributed by atoms with E-state index in [0.29, 0.717) is 12.0 Å². The summed E-state index contributed by atoms with van der Waals surface area (Å²) in [7, 11) is 0. The summed E-state index contributed by atoms with van der Waals surface area (Å²) in [6, 6.07) is 18.2. The van der Waals surface area contributed by atoms with Crippen LogP contribution >= 0.6 is 0 Å². The van der Waals surface area contributed by atoms with E-state index >= 15 is 0 Å². The van der Waals surface area contributed by atoms with Crippen LogP contribution in [-0.2, 0) is 21.5 Å². The number of hydrogen-bond acceptors (Lipinski definition) is 3. The van der Waals surface area contributed by atoms with Gasteiger partial charge in [0, 0.05) is 12.0 Å². The molecule has 29 heavy (non-hydrogen) atoms. The molecule has 152 valence electrons. The average Bonchev–Trinajstić information content (AvgIpc) is 2.94. The lowest BCUT2D eigenvalue weighted by Crippen LogP contribution is -2.49. The number of imide groups is 1. The SMILES string of the molecule is CCC(C)(C)NC(=O)CN1C(=O)N[C@](Cc2ccccc2)(c2ccccc2)C1=O. The molecule has 1 aliphatic rings. The summed E-state index contributed by atoms with van der Waals surface area (Å²) in [4.78, 5) is 39.7. The molecule has 3 rings (SSSR count). The number of benzene rings is 2. The smallest absolute Gasteiger partial charge is 0.325 e. The van der Waals surface area contributed by atoms with Gasteiger partial charge in [-0.05, 0) is 31.4 Å². The largest absolute Gasteiger partial charge is 0.350 e. The van der Waals surface area contributed by atoms with Crippen molar-refractivity contribution in [3.05, 3.63) is 71.8 Å². The van der Waals surface area contributed by atoms with Crippen molar-refractivity contribution in [1.29, 1.82) is 0 Å². The van der Waals surface area contributed by atoms with Crippen LogP contribution in [0.25, 0.3) is 0 Å². The van der Waals surface area contributed by atoms with Crippen molar-refractivity contribution in [3.63, 3.8) is 0 Å². The van der Waals surface area contributed by atoms with Crippen LogP contribution < -0.4 is 10.6 Å². The van der Waals surface area contributed by atoms with Gasteiger partial charge < -0.3 is 10.6 Å². The highest BCUT2D eigenvalue weighted by atomic mass is 16.2. The first-order chi connectivity index (χ1) is 13.8. The normalized spacial score (nSPS) is 19.2. The molecule has 1 saturated heterocycles. The van der Waals surface area contributed by atoms with Crippen molar-refractivity contribution >= 4 is 17.8 Å². The Kier molecular flexibility index (Phi) is 5.73. The van der Waals surface area contributed by atoms with Crippen LogP contribution in [0.3, 0.4) is 0 Å². The molecule has 0 radical (unpaired) electrons. The molecule has 0 aromatic heterocycles. The molecule has 0 aliphatic carbocycles. The van der Waals surface area contributed by atoms with Crippen LogP contribution in [-0.4, -0.2) is 34.8 Å². The van der Waals surface area contributed by atoms with E-state index in [4.69, 9.17) is 0 Å². The summed E-state index contributed by atoms with van der Waals surface area (Å²) in [6.07, 6.45) is 1.04. The van der Waals surface area contributed by atoms with E-state index in [0.717, 1.165) is 16.9 Å². The van der Waals surface area contributed by atoms with Crippen LogP contribution in [0.2, 0.25) is 0 Å². The van der Waals surface area contributed by atoms with Gasteiger partial charge in [0.1, 0.15) is 6.54 Å². The van der Waals surface area contributed by atoms with E-state index in [2.05, 4.69) is 10.6 Å². The summed E-state index contributed by atoms with van der Waals surface area (Å²) in [6.45, 7) is 5.46. The predicted molar refractivity (Wildman–Crippen MR) is 111 cm³/mol. The van der Waals surface area contributed by atoms with Crippen molar-refractivity contribution in [2.24, 2.45) is 0 Å². The summed E-state index contributed by atoms with van der Waals surface area (Å²) in [5, 5.41) is 5.75. The van der Waals surface area contributed by atoms with E-state index in [1.165, 1.54) is 0 Å². The van der Waals surface area contributed by atoms with Gasteiger partial charge in [-0.2, -0.15) is 0 Å². The molecule has 1 aliphatic heterocycles. The molecule has 0 spiro atoms. The highest BCUT2D eigenvalue weighted by Crippen LogP contribution is 2.33. The zero-order chi connectivity index (χ0) is 21.1. The van der Waals surface area contributed by atoms with Crippen LogP contribution in [0.4, 0.5) is 4.79 Å². The van der Waals surface area contributed by atoms with Gasteiger partial charge in [-0.3, -0.25) is 14.5 Å². The number of urea groups is 1. The molecule has 6 nitrogen and oxygen atoms in total. The van der Waals surface area contributed by atoms with E-state index in [1.807, 2.05) is 81.4 Å². The monoisotopic (exact) mass is 393 g/mol. The van der Waals surface area contributed by atoms with Crippen molar-refractivity contribution in [3.8, 4) is 0 Å². The van der Waals surface area contributed by atoms with Gasteiger partial charge in [0.2, 0.25) is 5.91 Å². The lowest BCUT2D eigenvalue weighted by molar-refractivity contribution is -0.135. The number of amides is 4. The third kappa shape index (κ3) is 4.31. The van der Waals surface area contributed by atoms with Crippen LogP contribution in [0.1, 0.15) is 38.3 Å². The molecule has 0 bridgehead atoms. The third-order valence-corrected chi connectivity index (χ3v) is 5.42. The number of hydrogen-bond donors (Lipinski definition) is 2. The molecular formula is C23H27N3O3. The fraction of sp³-hybridized carbons (Fsp3) is 0.348. The Labute approximate surface area is 171 Å². The molecule has 1 atom stereocenters. The molecule has 1 fully saturated rings. The standard InChI is InChI=1S/C23H27N3O3/c1-4-22(2,3)24-19(27)16-26-20(28)23(25-21(26)29,18-13-9-6-10-14-18)15-17-11-7-5-8-12-17/h5-14H,4,15-16H2,1-3H3,(H,24,27)(H,25,29)/t23-/m1/s1. The van der Waals surface area contributed by atoms with E-state index in [-0.39, 0.29) is 12.5 Å². The van der Waals surface area contributed by atoms with Crippen LogP contribution in [0.15, 0.2) is 60.7 Å². The first-order valence-corrected chi connectivity index (χ1v) is 9.82. The van der Waals surface area contributed by atoms with E-state index < -0.39 is 23.0 Å². The summed E-state index contributed by atoms with van der Waals surface area (Å²) >= 11 is 0. The van der Waals surface area contributed by atoms with Crippen molar-refractivity contribution in [2.75, 3.05) is 6.54 Å². The first-order valence-electron chi connectivity index (χ1n) is 9.82. The Bertz CT molecular complexity index is 896. The quantitative estimate of drug-likeness (QED) is 0.710. The maximum absolute atomic E-state index is 13.5. The Morgan fingerprint density at radius 3 is 2.21 bits per heavy atom. The van der Waals surface area contributed by atoms with Gasteiger partial charge in [-0.1, -0.05) is 67.6 Å². The molecule has 0 saturated carbocycles. The van der Waals surface area contributed by atoms with Crippen molar-refractivity contribution in [2.45, 2.75) is 44.7 Å². The maximum atomic E-state index is 13.5. The van der Waals surface area contributed by atoms with Crippen molar-refractivity contribution in [1.82, 2.24) is 15.5 Å². The summed E-state index contributed by atoms with van der Waals surface area (Å²) in [5.41, 5.74) is -0.0284. The minimum atomic E-state index is -1.24. The Balaban J connectivity index is 1.91. The van der Waals surface area contributed by atoms with E-state index in [9.17, 15) is 14.4 Å². The highest BCUT2D eigenvalue weighted by Gasteiger charge is 2.52. The van der Waals surface area contributed by atoms with Gasteiger partial charge in [0.15, 0.2) is 5.54 Å². The first kappa shape index (κ1) is 20.6. The van der Waals surface area contributed by atoms with E-state index in [1.54, 1.807) is 0 Å². The predicted octanol–water partition coefficient (Wildman–Crippen LogP) is 2.98. The van der Waals surface area contributed by atoms with Gasteiger partial charge in [0.25, 0.3) is 5.91 Å². The second-order valence-corrected chi connectivity index (χ2v) is 8.04. The van der Waals surface area contributed by atoms with Gasteiger partial charge in [-0.15, -0.1) is 0 Å². The van der Waals surface area contributed by atoms with Gasteiger partial charge >= 0.3 is 6.03 Å². The topological polar surface area (TPSA) is 78.5 Å². The fourth-order valence-electron chi connectivity index (χ4n) is 3.46. The molecule has 2 aromatic carbocycles. The zero-order valence-corrected chi connectivity index (χ0v) is 17.1. The average molecular weight is 393 g/mol. The molecule has 4 amide bonds. The third-order valence-electron chi connectivity index (χ3n) is 5.42. The van der Waals surface area contributed by atoms with Crippen LogP contribution in [0, 0.1) is 0 Å². The van der Waals surface area contributed by atoms with Gasteiger partial charge in [0.05, 0.1) is 0 Å². The molecule has 2 aromatic rings. The number of nitrogens with one attached hydrogen (secondary N) is 2. The summed E-state index contributed by atoms with van der Waals surface area (Å²) in [5.74, 6) is -0.772. The second-order valence-electron chi connectivity index (χ2n) is 8.04. The minimum absolute atomic E-state index is 0.307. The highest BCUT2D eigenvalue weighted by molar-refractivity contribution is 6.09. The Hall–Kier alpha value is -3.15. The fourth-order valence-corrected chi connectivity index (χ4v) is 3.46. The van der Waals surface area contributed by atoms with Gasteiger partial charge in [-0.25, -0.2) is 4.79 Å². The lowest BCUT2D eigenvalue weighted by atomic mass is 9.83. The number of rotatable bonds is 7. The Morgan fingerprint density at radius 1 is 1.03 bits per heavy atom. The number of nitrogens with zero attached hydrogens (tertiary/aromatic N) is 1. The van der Waals surface area contributed by atoms with Crippen molar-refractivity contribution < 1.29 is 14.4 Å². The minimum Gasteiger partial charge on any atom is -0.350 e.